The molecule has 5 heterocycles. The third-order valence-corrected chi connectivity index (χ3v) is 9.89. The zero-order chi connectivity index (χ0) is 30.4. The first-order valence-corrected chi connectivity index (χ1v) is 14.8. The summed E-state index contributed by atoms with van der Waals surface area (Å²) in [5.41, 5.74) is -1.35. The number of carbonyl (C=O) groups is 1. The van der Waals surface area contributed by atoms with E-state index in [2.05, 4.69) is 6.58 Å². The second-order valence-corrected chi connectivity index (χ2v) is 14.0. The summed E-state index contributed by atoms with van der Waals surface area (Å²) in [5.74, 6) is -0.0494. The molecule has 1 aromatic heterocycles. The van der Waals surface area contributed by atoms with Crippen molar-refractivity contribution in [1.29, 1.82) is 0 Å². The number of piperidine rings is 1. The molecule has 42 heavy (non-hydrogen) atoms. The van der Waals surface area contributed by atoms with Crippen molar-refractivity contribution in [2.45, 2.75) is 95.5 Å². The van der Waals surface area contributed by atoms with Crippen LogP contribution in [0, 0.1) is 5.92 Å². The second kappa shape index (κ2) is 9.35. The molecule has 0 radical (unpaired) electrons. The van der Waals surface area contributed by atoms with Crippen LogP contribution in [0.1, 0.15) is 73.4 Å². The number of allylic oxidation sites excluding steroid dienone is 3. The lowest BCUT2D eigenvalue weighted by Gasteiger charge is -2.56. The van der Waals surface area contributed by atoms with Crippen molar-refractivity contribution in [3.63, 3.8) is 0 Å². The maximum Gasteiger partial charge on any atom is 0.471 e. The summed E-state index contributed by atoms with van der Waals surface area (Å²) in [5, 5.41) is -0.858. The number of para-hydroxylation sites is 1. The number of rotatable bonds is 3. The molecule has 10 nitrogen and oxygen atoms in total. The van der Waals surface area contributed by atoms with Crippen molar-refractivity contribution < 1.29 is 18.8 Å². The summed E-state index contributed by atoms with van der Waals surface area (Å²) in [6.45, 7) is 19.2. The molecule has 4 aliphatic heterocycles. The fourth-order valence-corrected chi connectivity index (χ4v) is 7.11. The lowest BCUT2D eigenvalue weighted by atomic mass is 9.41. The summed E-state index contributed by atoms with van der Waals surface area (Å²) in [4.78, 5) is 42.6. The Morgan fingerprint density at radius 3 is 2.10 bits per heavy atom. The summed E-state index contributed by atoms with van der Waals surface area (Å²) in [6, 6.07) is 7.85. The first-order valence-electron chi connectivity index (χ1n) is 14.8. The number of fused-ring (bicyclic) bond motifs is 1. The predicted octanol–water partition coefficient (Wildman–Crippen LogP) is 4.50. The van der Waals surface area contributed by atoms with Crippen molar-refractivity contribution >= 4 is 13.2 Å². The number of carbonyl (C=O) groups excluding carboxylic acids is 1. The van der Waals surface area contributed by atoms with E-state index in [1.165, 1.54) is 9.25 Å². The van der Waals surface area contributed by atoms with Gasteiger partial charge in [-0.1, -0.05) is 36.9 Å². The van der Waals surface area contributed by atoms with Gasteiger partial charge in [0.15, 0.2) is 0 Å². The zero-order valence-corrected chi connectivity index (χ0v) is 25.6. The van der Waals surface area contributed by atoms with Gasteiger partial charge in [0, 0.05) is 13.1 Å². The van der Waals surface area contributed by atoms with E-state index in [-0.39, 0.29) is 12.0 Å². The third-order valence-electron chi connectivity index (χ3n) is 9.89. The Morgan fingerprint density at radius 1 is 0.952 bits per heavy atom. The topological polar surface area (TPSA) is 96.9 Å². The highest BCUT2D eigenvalue weighted by Crippen LogP contribution is 2.66. The molecule has 3 atom stereocenters. The maximum absolute atomic E-state index is 14.1. The monoisotopic (exact) mass is 576 g/mol. The molecule has 0 N–H and O–H groups in total. The number of hydrogen-bond donors (Lipinski definition) is 0. The van der Waals surface area contributed by atoms with Crippen molar-refractivity contribution in [2.75, 3.05) is 13.1 Å². The molecule has 1 amide bonds. The fourth-order valence-electron chi connectivity index (χ4n) is 7.11. The number of nitrogens with zero attached hydrogens (tertiary/aromatic N) is 4. The molecule has 5 aliphatic rings. The van der Waals surface area contributed by atoms with Crippen LogP contribution < -0.4 is 11.4 Å². The van der Waals surface area contributed by atoms with Gasteiger partial charge in [-0.2, -0.15) is 0 Å². The van der Waals surface area contributed by atoms with Gasteiger partial charge in [-0.3, -0.25) is 0 Å². The summed E-state index contributed by atoms with van der Waals surface area (Å²) >= 11 is 0. The van der Waals surface area contributed by atoms with Gasteiger partial charge >= 0.3 is 24.6 Å². The van der Waals surface area contributed by atoms with Crippen molar-refractivity contribution in [1.82, 2.24) is 18.8 Å². The molecule has 2 fully saturated rings. The molecule has 1 aromatic carbocycles. The van der Waals surface area contributed by atoms with Gasteiger partial charge in [-0.05, 0) is 84.9 Å². The van der Waals surface area contributed by atoms with E-state index >= 15 is 0 Å². The Hall–Kier alpha value is -3.31. The Balaban J connectivity index is 1.47. The maximum atomic E-state index is 14.1. The quantitative estimate of drug-likeness (QED) is 0.395. The number of benzene rings is 1. The highest BCUT2D eigenvalue weighted by atomic mass is 16.7. The number of amides is 1. The average Bonchev–Trinajstić information content (AvgIpc) is 3.31. The van der Waals surface area contributed by atoms with Gasteiger partial charge in [-0.25, -0.2) is 28.3 Å². The van der Waals surface area contributed by atoms with Crippen LogP contribution in [-0.4, -0.2) is 61.9 Å². The van der Waals surface area contributed by atoms with Crippen molar-refractivity contribution in [3.05, 3.63) is 75.6 Å². The van der Waals surface area contributed by atoms with Crippen LogP contribution >= 0.6 is 0 Å². The zero-order valence-electron chi connectivity index (χ0n) is 25.6. The molecule has 3 unspecified atom stereocenters. The van der Waals surface area contributed by atoms with Gasteiger partial charge in [0.1, 0.15) is 5.60 Å². The summed E-state index contributed by atoms with van der Waals surface area (Å²) < 4.78 is 23.5. The minimum atomic E-state index is -0.858. The molecular weight excluding hydrogens is 535 g/mol. The summed E-state index contributed by atoms with van der Waals surface area (Å²) in [7, 11) is -0.721. The molecule has 2 saturated heterocycles. The molecule has 2 bridgehead atoms. The summed E-state index contributed by atoms with van der Waals surface area (Å²) in [6.07, 6.45) is 4.92. The standard InChI is InChI=1S/C31H41BN4O6/c1-20-23-14-15-24(36-26(38)34(25(37)35(23)36)22-12-10-9-11-13-22)31(20,32-41-29(5,6)30(7,8)42-32)21-16-18-33(19-17-21)27(39)40-28(2,3)4/h9-15,21,23-24H,1,16-19H2,2-8H3. The number of ether oxygens (including phenoxy) is 1. The number of likely N-dealkylation sites (tertiary alicyclic amines) is 1. The van der Waals surface area contributed by atoms with Crippen LogP contribution in [0.25, 0.3) is 5.69 Å². The van der Waals surface area contributed by atoms with Gasteiger partial charge in [-0.15, -0.1) is 0 Å². The highest BCUT2D eigenvalue weighted by molar-refractivity contribution is 6.51. The van der Waals surface area contributed by atoms with Crippen LogP contribution in [-0.2, 0) is 14.0 Å². The van der Waals surface area contributed by atoms with E-state index in [0.29, 0.717) is 31.6 Å². The Bertz CT molecular complexity index is 1550. The molecule has 0 spiro atoms. The normalized spacial score (nSPS) is 28.3. The van der Waals surface area contributed by atoms with E-state index in [0.717, 1.165) is 5.57 Å². The molecule has 0 saturated carbocycles. The fraction of sp³-hybridized carbons (Fsp3) is 0.581. The van der Waals surface area contributed by atoms with Gasteiger partial charge in [0.25, 0.3) is 0 Å². The average molecular weight is 577 g/mol. The van der Waals surface area contributed by atoms with Crippen molar-refractivity contribution in [3.8, 4) is 5.69 Å². The lowest BCUT2D eigenvalue weighted by Crippen LogP contribution is -2.58. The minimum absolute atomic E-state index is 0.0494. The molecule has 1 aliphatic carbocycles. The molecule has 11 heteroatoms. The van der Waals surface area contributed by atoms with Crippen molar-refractivity contribution in [2.24, 2.45) is 5.92 Å². The van der Waals surface area contributed by atoms with Crippen LogP contribution in [0.2, 0.25) is 5.31 Å². The lowest BCUT2D eigenvalue weighted by molar-refractivity contribution is 0.00578. The second-order valence-electron chi connectivity index (χ2n) is 14.0. The molecular formula is C31H41BN4O6. The van der Waals surface area contributed by atoms with Gasteiger partial charge in [0.05, 0.1) is 34.3 Å². The Labute approximate surface area is 246 Å². The third kappa shape index (κ3) is 4.03. The van der Waals surface area contributed by atoms with Crippen LogP contribution in [0.15, 0.2) is 64.2 Å². The Morgan fingerprint density at radius 2 is 1.52 bits per heavy atom. The van der Waals surface area contributed by atoms with E-state index < -0.39 is 52.7 Å². The van der Waals surface area contributed by atoms with Crippen LogP contribution in [0.3, 0.4) is 0 Å². The predicted molar refractivity (Wildman–Crippen MR) is 160 cm³/mol. The molecule has 7 rings (SSSR count). The van der Waals surface area contributed by atoms with E-state index in [1.807, 2.05) is 66.7 Å². The Kier molecular flexibility index (Phi) is 6.41. The van der Waals surface area contributed by atoms with Crippen LogP contribution in [0.4, 0.5) is 4.79 Å². The SMILES string of the molecule is C=C1C2C=CC(n3c(=O)n(-c4ccccc4)c(=O)n32)C1(B1OC(C)(C)C(C)(C)O1)C1CCN(C(=O)OC(C)(C)C)CC1. The smallest absolute Gasteiger partial charge is 0.444 e. The molecule has 224 valence electrons. The molecule has 2 aromatic rings. The van der Waals surface area contributed by atoms with Crippen LogP contribution in [0.5, 0.6) is 0 Å². The van der Waals surface area contributed by atoms with E-state index in [4.69, 9.17) is 14.0 Å². The van der Waals surface area contributed by atoms with E-state index in [9.17, 15) is 14.4 Å². The first kappa shape index (κ1) is 28.8. The van der Waals surface area contributed by atoms with Gasteiger partial charge in [0.2, 0.25) is 0 Å². The van der Waals surface area contributed by atoms with Gasteiger partial charge < -0.3 is 18.9 Å². The minimum Gasteiger partial charge on any atom is -0.444 e. The number of hydrogen-bond acceptors (Lipinski definition) is 6. The highest BCUT2D eigenvalue weighted by Gasteiger charge is 2.69. The van der Waals surface area contributed by atoms with E-state index in [1.54, 1.807) is 33.8 Å². The first-order chi connectivity index (χ1) is 19.6. The largest absolute Gasteiger partial charge is 0.471 e. The number of aromatic nitrogens is 3.